The largest absolute Gasteiger partial charge is 0.370 e. The Balaban J connectivity index is 0.00000280. The van der Waals surface area contributed by atoms with Crippen molar-refractivity contribution in [3.63, 3.8) is 0 Å². The smallest absolute Gasteiger partial charge is 0.214 e. The van der Waals surface area contributed by atoms with Gasteiger partial charge in [-0.15, -0.1) is 17.5 Å². The van der Waals surface area contributed by atoms with Gasteiger partial charge in [-0.05, 0) is 45.3 Å². The van der Waals surface area contributed by atoms with Crippen LogP contribution in [0.3, 0.4) is 0 Å². The molecule has 3 rings (SSSR count). The van der Waals surface area contributed by atoms with Crippen LogP contribution in [-0.4, -0.2) is 49.1 Å². The highest BCUT2D eigenvalue weighted by atomic mass is 35.5. The van der Waals surface area contributed by atoms with Gasteiger partial charge >= 0.3 is 0 Å². The van der Waals surface area contributed by atoms with Crippen molar-refractivity contribution in [2.45, 2.75) is 23.3 Å². The quantitative estimate of drug-likeness (QED) is 0.604. The fourth-order valence-corrected chi connectivity index (χ4v) is 4.58. The van der Waals surface area contributed by atoms with Gasteiger partial charge in [-0.1, -0.05) is 11.6 Å². The van der Waals surface area contributed by atoms with E-state index in [1.165, 1.54) is 10.6 Å². The number of benzene rings is 1. The van der Waals surface area contributed by atoms with Gasteiger partial charge in [-0.25, -0.2) is 22.3 Å². The zero-order chi connectivity index (χ0) is 19.9. The summed E-state index contributed by atoms with van der Waals surface area (Å²) in [5, 5.41) is 6.93. The number of anilines is 1. The summed E-state index contributed by atoms with van der Waals surface area (Å²) in [5.41, 5.74) is 1.66. The van der Waals surface area contributed by atoms with E-state index in [2.05, 4.69) is 15.4 Å². The van der Waals surface area contributed by atoms with Gasteiger partial charge in [0, 0.05) is 19.3 Å². The normalized spacial score (nSPS) is 11.7. The minimum Gasteiger partial charge on any atom is -0.370 e. The van der Waals surface area contributed by atoms with E-state index in [1.54, 1.807) is 14.0 Å². The maximum Gasteiger partial charge on any atom is 0.214 e. The molecule has 28 heavy (non-hydrogen) atoms. The van der Waals surface area contributed by atoms with Crippen LogP contribution in [0.25, 0.3) is 5.65 Å². The number of hydrogen-bond donors (Lipinski definition) is 1. The molecule has 0 aliphatic rings. The zero-order valence-corrected chi connectivity index (χ0v) is 18.1. The lowest BCUT2D eigenvalue weighted by Gasteiger charge is -2.12. The summed E-state index contributed by atoms with van der Waals surface area (Å²) in [6.45, 7) is 2.34. The lowest BCUT2D eigenvalue weighted by atomic mass is 10.3. The number of aromatic nitrogens is 3. The molecule has 1 N–H and O–H groups in total. The molecule has 0 spiro atoms. The molecular weight excluding hydrogens is 428 g/mol. The molecule has 1 aromatic carbocycles. The molecule has 11 heteroatoms. The Morgan fingerprint density at radius 3 is 2.54 bits per heavy atom. The molecule has 0 aliphatic carbocycles. The Morgan fingerprint density at radius 2 is 1.96 bits per heavy atom. The standard InChI is InChI=1S/C17H19ClFN5O2S.ClH/c1-10-7-11(9-23(3)4)24-17(21-10)15(16(20-2)22-24)27(25,26)12-5-6-14(19)13(18)8-12;/h5-8H,9H2,1-4H3,(H,20,22);1H. The molecule has 7 nitrogen and oxygen atoms in total. The Labute approximate surface area is 173 Å². The summed E-state index contributed by atoms with van der Waals surface area (Å²) >= 11 is 5.78. The van der Waals surface area contributed by atoms with Crippen LogP contribution in [0.4, 0.5) is 10.2 Å². The van der Waals surface area contributed by atoms with E-state index in [1.807, 2.05) is 25.1 Å². The van der Waals surface area contributed by atoms with Gasteiger partial charge in [0.15, 0.2) is 16.4 Å². The topological polar surface area (TPSA) is 79.6 Å². The second-order valence-electron chi connectivity index (χ2n) is 6.37. The van der Waals surface area contributed by atoms with Crippen LogP contribution in [0.15, 0.2) is 34.1 Å². The average molecular weight is 448 g/mol. The minimum absolute atomic E-state index is 0. The van der Waals surface area contributed by atoms with Gasteiger partial charge in [0.05, 0.1) is 15.6 Å². The van der Waals surface area contributed by atoms with Crippen molar-refractivity contribution in [1.82, 2.24) is 19.5 Å². The van der Waals surface area contributed by atoms with Gasteiger partial charge in [-0.3, -0.25) is 0 Å². The third-order valence-electron chi connectivity index (χ3n) is 3.93. The van der Waals surface area contributed by atoms with Crippen LogP contribution < -0.4 is 5.32 Å². The lowest BCUT2D eigenvalue weighted by Crippen LogP contribution is -2.15. The number of sulfone groups is 1. The van der Waals surface area contributed by atoms with Crippen LogP contribution in [0.2, 0.25) is 5.02 Å². The van der Waals surface area contributed by atoms with Crippen molar-refractivity contribution in [2.75, 3.05) is 26.5 Å². The molecule has 0 fully saturated rings. The monoisotopic (exact) mass is 447 g/mol. The second-order valence-corrected chi connectivity index (χ2v) is 8.66. The molecule has 0 amide bonds. The Bertz CT molecular complexity index is 1130. The van der Waals surface area contributed by atoms with Gasteiger partial charge in [0.25, 0.3) is 0 Å². The van der Waals surface area contributed by atoms with E-state index in [9.17, 15) is 12.8 Å². The van der Waals surface area contributed by atoms with Crippen molar-refractivity contribution < 1.29 is 12.8 Å². The molecule has 3 aromatic rings. The predicted octanol–water partition coefficient (Wildman–Crippen LogP) is 3.19. The fourth-order valence-electron chi connectivity index (χ4n) is 2.80. The number of rotatable bonds is 5. The summed E-state index contributed by atoms with van der Waals surface area (Å²) in [7, 11) is 1.35. The van der Waals surface area contributed by atoms with Gasteiger partial charge < -0.3 is 10.2 Å². The van der Waals surface area contributed by atoms with E-state index in [-0.39, 0.29) is 38.7 Å². The first-order valence-corrected chi connectivity index (χ1v) is 9.93. The average Bonchev–Trinajstić information content (AvgIpc) is 2.96. The number of halogens is 3. The minimum atomic E-state index is -4.04. The van der Waals surface area contributed by atoms with E-state index in [0.29, 0.717) is 12.2 Å². The third-order valence-corrected chi connectivity index (χ3v) is 6.01. The van der Waals surface area contributed by atoms with Crippen molar-refractivity contribution in [2.24, 2.45) is 0 Å². The van der Waals surface area contributed by atoms with Crippen LogP contribution in [0.1, 0.15) is 11.4 Å². The Hall–Kier alpha value is -1.94. The zero-order valence-electron chi connectivity index (χ0n) is 15.7. The lowest BCUT2D eigenvalue weighted by molar-refractivity contribution is 0.392. The molecule has 0 radical (unpaired) electrons. The molecule has 0 saturated carbocycles. The van der Waals surface area contributed by atoms with E-state index in [0.717, 1.165) is 17.8 Å². The summed E-state index contributed by atoms with van der Waals surface area (Å²) < 4.78 is 41.5. The Morgan fingerprint density at radius 1 is 1.29 bits per heavy atom. The molecule has 0 unspecified atom stereocenters. The first-order chi connectivity index (χ1) is 12.6. The summed E-state index contributed by atoms with van der Waals surface area (Å²) in [5.74, 6) is -0.528. The maximum absolute atomic E-state index is 13.5. The highest BCUT2D eigenvalue weighted by Gasteiger charge is 2.30. The number of fused-ring (bicyclic) bond motifs is 1. The van der Waals surface area contributed by atoms with Crippen LogP contribution in [0.5, 0.6) is 0 Å². The highest BCUT2D eigenvalue weighted by Crippen LogP contribution is 2.32. The van der Waals surface area contributed by atoms with Crippen molar-refractivity contribution in [3.05, 3.63) is 46.5 Å². The summed E-state index contributed by atoms with van der Waals surface area (Å²) in [4.78, 5) is 6.15. The predicted molar refractivity (Wildman–Crippen MR) is 109 cm³/mol. The first-order valence-electron chi connectivity index (χ1n) is 8.07. The molecule has 0 saturated heterocycles. The van der Waals surface area contributed by atoms with E-state index < -0.39 is 15.7 Å². The van der Waals surface area contributed by atoms with Crippen molar-refractivity contribution >= 4 is 45.3 Å². The van der Waals surface area contributed by atoms with Crippen LogP contribution >= 0.6 is 24.0 Å². The van der Waals surface area contributed by atoms with E-state index >= 15 is 0 Å². The third kappa shape index (κ3) is 3.93. The SMILES string of the molecule is CNc1nn2c(CN(C)C)cc(C)nc2c1S(=O)(=O)c1ccc(F)c(Cl)c1.Cl. The Kier molecular flexibility index (Phi) is 6.55. The second kappa shape index (κ2) is 8.20. The van der Waals surface area contributed by atoms with Crippen LogP contribution in [-0.2, 0) is 16.4 Å². The summed E-state index contributed by atoms with van der Waals surface area (Å²) in [6.07, 6.45) is 0. The number of aryl methyl sites for hydroxylation is 1. The van der Waals surface area contributed by atoms with Crippen molar-refractivity contribution in [3.8, 4) is 0 Å². The summed E-state index contributed by atoms with van der Waals surface area (Å²) in [6, 6.07) is 5.14. The number of nitrogens with one attached hydrogen (secondary N) is 1. The first kappa shape index (κ1) is 22.4. The number of hydrogen-bond acceptors (Lipinski definition) is 6. The number of nitrogens with zero attached hydrogens (tertiary/aromatic N) is 4. The fraction of sp³-hybridized carbons (Fsp3) is 0.294. The van der Waals surface area contributed by atoms with Gasteiger partial charge in [-0.2, -0.15) is 0 Å². The maximum atomic E-state index is 13.5. The van der Waals surface area contributed by atoms with Crippen molar-refractivity contribution in [1.29, 1.82) is 0 Å². The molecule has 2 heterocycles. The molecule has 0 bridgehead atoms. The van der Waals surface area contributed by atoms with Crippen LogP contribution in [0, 0.1) is 12.7 Å². The highest BCUT2D eigenvalue weighted by molar-refractivity contribution is 7.91. The molecule has 152 valence electrons. The van der Waals surface area contributed by atoms with Gasteiger partial charge in [0.1, 0.15) is 5.82 Å². The molecular formula is C17H20Cl2FN5O2S. The molecule has 0 atom stereocenters. The van der Waals surface area contributed by atoms with Gasteiger partial charge in [0.2, 0.25) is 9.84 Å². The molecule has 0 aliphatic heterocycles. The van der Waals surface area contributed by atoms with E-state index in [4.69, 9.17) is 11.6 Å². The molecule has 2 aromatic heterocycles.